The molecule has 0 aromatic carbocycles. The predicted octanol–water partition coefficient (Wildman–Crippen LogP) is 0.473. The molecule has 0 radical (unpaired) electrons. The van der Waals surface area contributed by atoms with Gasteiger partial charge in [-0.15, -0.1) is 10.2 Å². The van der Waals surface area contributed by atoms with Crippen molar-refractivity contribution in [2.75, 3.05) is 59.7 Å². The number of piperidine rings is 1. The summed E-state index contributed by atoms with van der Waals surface area (Å²) in [6.07, 6.45) is 2.42. The van der Waals surface area contributed by atoms with Crippen molar-refractivity contribution < 1.29 is 9.47 Å². The van der Waals surface area contributed by atoms with Gasteiger partial charge in [0.15, 0.2) is 0 Å². The van der Waals surface area contributed by atoms with Crippen LogP contribution in [0.5, 0.6) is 0 Å². The minimum atomic E-state index is 0.483. The third kappa shape index (κ3) is 4.29. The van der Waals surface area contributed by atoms with Crippen LogP contribution in [-0.2, 0) is 23.1 Å². The van der Waals surface area contributed by atoms with Crippen molar-refractivity contribution in [3.05, 3.63) is 11.6 Å². The summed E-state index contributed by atoms with van der Waals surface area (Å²) in [4.78, 5) is 4.87. The molecule has 0 N–H and O–H groups in total. The molecule has 0 unspecified atom stereocenters. The summed E-state index contributed by atoms with van der Waals surface area (Å²) in [7, 11) is 3.88. The van der Waals surface area contributed by atoms with E-state index in [0.717, 1.165) is 64.2 Å². The summed E-state index contributed by atoms with van der Waals surface area (Å²) in [6.45, 7) is 8.51. The number of methoxy groups -OCH3 is 1. The lowest BCUT2D eigenvalue weighted by atomic mass is 9.97. The van der Waals surface area contributed by atoms with E-state index in [-0.39, 0.29) is 0 Å². The van der Waals surface area contributed by atoms with Crippen LogP contribution in [0.15, 0.2) is 0 Å². The zero-order valence-corrected chi connectivity index (χ0v) is 14.4. The number of hydrogen-bond acceptors (Lipinski definition) is 6. The van der Waals surface area contributed by atoms with E-state index in [4.69, 9.17) is 9.47 Å². The van der Waals surface area contributed by atoms with Crippen LogP contribution >= 0.6 is 0 Å². The van der Waals surface area contributed by atoms with Gasteiger partial charge in [-0.2, -0.15) is 0 Å². The molecule has 3 heterocycles. The third-order valence-corrected chi connectivity index (χ3v) is 4.95. The first-order valence-electron chi connectivity index (χ1n) is 8.67. The molecule has 2 aliphatic rings. The lowest BCUT2D eigenvalue weighted by Gasteiger charge is -2.32. The van der Waals surface area contributed by atoms with Gasteiger partial charge < -0.3 is 18.9 Å². The molecule has 7 nitrogen and oxygen atoms in total. The first-order chi connectivity index (χ1) is 11.3. The zero-order valence-electron chi connectivity index (χ0n) is 14.4. The molecule has 0 bridgehead atoms. The Labute approximate surface area is 138 Å². The molecule has 23 heavy (non-hydrogen) atoms. The van der Waals surface area contributed by atoms with Crippen LogP contribution in [0.1, 0.15) is 30.4 Å². The van der Waals surface area contributed by atoms with Gasteiger partial charge >= 0.3 is 0 Å². The monoisotopic (exact) mass is 323 g/mol. The Balaban J connectivity index is 1.61. The number of nitrogens with zero attached hydrogens (tertiary/aromatic N) is 5. The Bertz CT molecular complexity index is 487. The van der Waals surface area contributed by atoms with Gasteiger partial charge in [0, 0.05) is 46.3 Å². The highest BCUT2D eigenvalue weighted by molar-refractivity contribution is 5.04. The van der Waals surface area contributed by atoms with E-state index in [1.165, 1.54) is 19.4 Å². The van der Waals surface area contributed by atoms with Gasteiger partial charge in [-0.05, 0) is 19.4 Å². The standard InChI is InChI=1S/C16H29N5O2/c1-19-15(13-21-7-10-23-11-8-21)17-18-16(19)14-4-3-5-20(12-14)6-9-22-2/h14H,3-13H2,1-2H3/t14-/m0/s1. The minimum absolute atomic E-state index is 0.483. The fourth-order valence-electron chi connectivity index (χ4n) is 3.52. The smallest absolute Gasteiger partial charge is 0.146 e. The number of likely N-dealkylation sites (tertiary alicyclic amines) is 1. The molecule has 1 aromatic rings. The van der Waals surface area contributed by atoms with Gasteiger partial charge in [-0.3, -0.25) is 4.90 Å². The number of hydrogen-bond donors (Lipinski definition) is 0. The third-order valence-electron chi connectivity index (χ3n) is 4.95. The highest BCUT2D eigenvalue weighted by Crippen LogP contribution is 2.25. The second kappa shape index (κ2) is 8.19. The van der Waals surface area contributed by atoms with Gasteiger partial charge in [-0.25, -0.2) is 0 Å². The van der Waals surface area contributed by atoms with Crippen LogP contribution in [0.3, 0.4) is 0 Å². The number of ether oxygens (including phenoxy) is 2. The molecule has 1 atom stereocenters. The maximum absolute atomic E-state index is 5.41. The Morgan fingerprint density at radius 3 is 2.78 bits per heavy atom. The van der Waals surface area contributed by atoms with Crippen molar-refractivity contribution in [3.8, 4) is 0 Å². The summed E-state index contributed by atoms with van der Waals surface area (Å²) in [5.74, 6) is 2.68. The Morgan fingerprint density at radius 2 is 2.00 bits per heavy atom. The van der Waals surface area contributed by atoms with Crippen LogP contribution in [-0.4, -0.2) is 84.2 Å². The Morgan fingerprint density at radius 1 is 1.17 bits per heavy atom. The van der Waals surface area contributed by atoms with Crippen molar-refractivity contribution in [1.82, 2.24) is 24.6 Å². The van der Waals surface area contributed by atoms with Crippen LogP contribution in [0, 0.1) is 0 Å². The molecule has 2 saturated heterocycles. The Hall–Kier alpha value is -1.02. The molecule has 1 aromatic heterocycles. The highest BCUT2D eigenvalue weighted by atomic mass is 16.5. The highest BCUT2D eigenvalue weighted by Gasteiger charge is 2.26. The number of morpholine rings is 1. The van der Waals surface area contributed by atoms with E-state index in [9.17, 15) is 0 Å². The van der Waals surface area contributed by atoms with Gasteiger partial charge in [0.05, 0.1) is 26.4 Å². The van der Waals surface area contributed by atoms with Crippen molar-refractivity contribution in [3.63, 3.8) is 0 Å². The summed E-state index contributed by atoms with van der Waals surface area (Å²) in [5.41, 5.74) is 0. The molecule has 0 aliphatic carbocycles. The van der Waals surface area contributed by atoms with Gasteiger partial charge in [0.25, 0.3) is 0 Å². The molecule has 0 amide bonds. The fraction of sp³-hybridized carbons (Fsp3) is 0.875. The van der Waals surface area contributed by atoms with E-state index in [1.54, 1.807) is 7.11 Å². The van der Waals surface area contributed by atoms with E-state index in [2.05, 4.69) is 31.6 Å². The van der Waals surface area contributed by atoms with Crippen molar-refractivity contribution in [1.29, 1.82) is 0 Å². The lowest BCUT2D eigenvalue weighted by Crippen LogP contribution is -2.37. The number of aromatic nitrogens is 3. The van der Waals surface area contributed by atoms with Crippen molar-refractivity contribution >= 4 is 0 Å². The topological polar surface area (TPSA) is 55.6 Å². The first-order valence-corrected chi connectivity index (χ1v) is 8.67. The molecule has 7 heteroatoms. The maximum atomic E-state index is 5.41. The minimum Gasteiger partial charge on any atom is -0.383 e. The maximum Gasteiger partial charge on any atom is 0.146 e. The van der Waals surface area contributed by atoms with Gasteiger partial charge in [0.2, 0.25) is 0 Å². The number of rotatable bonds is 6. The molecule has 2 fully saturated rings. The van der Waals surface area contributed by atoms with Crippen molar-refractivity contribution in [2.45, 2.75) is 25.3 Å². The predicted molar refractivity (Wildman–Crippen MR) is 87.4 cm³/mol. The molecular weight excluding hydrogens is 294 g/mol. The molecule has 3 rings (SSSR count). The average molecular weight is 323 g/mol. The van der Waals surface area contributed by atoms with Crippen LogP contribution in [0.4, 0.5) is 0 Å². The Kier molecular flexibility index (Phi) is 5.99. The van der Waals surface area contributed by atoms with E-state index in [1.807, 2.05) is 0 Å². The quantitative estimate of drug-likeness (QED) is 0.759. The van der Waals surface area contributed by atoms with Crippen LogP contribution in [0.2, 0.25) is 0 Å². The lowest BCUT2D eigenvalue weighted by molar-refractivity contribution is 0.0326. The fourth-order valence-corrected chi connectivity index (χ4v) is 3.52. The SMILES string of the molecule is COCCN1CCC[C@H](c2nnc(CN3CCOCC3)n2C)C1. The second-order valence-electron chi connectivity index (χ2n) is 6.55. The summed E-state index contributed by atoms with van der Waals surface area (Å²) in [5, 5.41) is 8.98. The molecular formula is C16H29N5O2. The average Bonchev–Trinajstić information content (AvgIpc) is 2.95. The van der Waals surface area contributed by atoms with E-state index < -0.39 is 0 Å². The second-order valence-corrected chi connectivity index (χ2v) is 6.55. The molecule has 130 valence electrons. The van der Waals surface area contributed by atoms with Crippen LogP contribution < -0.4 is 0 Å². The molecule has 0 spiro atoms. The molecule has 0 saturated carbocycles. The summed E-state index contributed by atoms with van der Waals surface area (Å²) >= 11 is 0. The van der Waals surface area contributed by atoms with Gasteiger partial charge in [0.1, 0.15) is 11.6 Å². The van der Waals surface area contributed by atoms with E-state index >= 15 is 0 Å². The van der Waals surface area contributed by atoms with Crippen LogP contribution in [0.25, 0.3) is 0 Å². The molecule has 2 aliphatic heterocycles. The first kappa shape index (κ1) is 16.8. The summed E-state index contributed by atoms with van der Waals surface area (Å²) in [6, 6.07) is 0. The zero-order chi connectivity index (χ0) is 16.1. The summed E-state index contributed by atoms with van der Waals surface area (Å²) < 4.78 is 12.8. The van der Waals surface area contributed by atoms with Gasteiger partial charge in [-0.1, -0.05) is 0 Å². The van der Waals surface area contributed by atoms with E-state index in [0.29, 0.717) is 5.92 Å². The van der Waals surface area contributed by atoms with Crippen molar-refractivity contribution in [2.24, 2.45) is 7.05 Å². The largest absolute Gasteiger partial charge is 0.383 e. The normalized spacial score (nSPS) is 24.2.